The summed E-state index contributed by atoms with van der Waals surface area (Å²) >= 11 is 0. The molecule has 48 valence electrons. The Labute approximate surface area is 56.3 Å². The maximum absolute atomic E-state index is 2.37. The predicted molar refractivity (Wildman–Crippen MR) is 39.1 cm³/mol. The maximum atomic E-state index is 2.37. The average Bonchev–Trinajstić information content (AvgIpc) is 2.40. The summed E-state index contributed by atoms with van der Waals surface area (Å²) in [4.78, 5) is 0. The van der Waals surface area contributed by atoms with Crippen LogP contribution in [0.1, 0.15) is 19.8 Å². The van der Waals surface area contributed by atoms with E-state index in [1.54, 1.807) is 0 Å². The Balaban J connectivity index is 2.25. The fraction of sp³-hybridized carbons (Fsp3) is 0.556. The highest BCUT2D eigenvalue weighted by molar-refractivity contribution is 5.22. The Kier molecular flexibility index (Phi) is 0.879. The largest absolute Gasteiger partial charge is 0.0844 e. The molecule has 0 heteroatoms. The molecule has 0 heterocycles. The van der Waals surface area contributed by atoms with Gasteiger partial charge in [0.2, 0.25) is 0 Å². The molecule has 0 nitrogen and oxygen atoms in total. The number of rotatable bonds is 0. The molecule has 0 bridgehead atoms. The van der Waals surface area contributed by atoms with Gasteiger partial charge >= 0.3 is 0 Å². The minimum absolute atomic E-state index is 0.562. The molecular weight excluding hydrogens is 108 g/mol. The van der Waals surface area contributed by atoms with Crippen LogP contribution in [-0.4, -0.2) is 0 Å². The van der Waals surface area contributed by atoms with Crippen molar-refractivity contribution in [2.75, 3.05) is 0 Å². The molecule has 1 saturated carbocycles. The standard InChI is InChI=1S/C9H12/c1-9-6-4-2-3-5-8(9)7-9/h3-6,8H,2,7H2,1H3. The van der Waals surface area contributed by atoms with Crippen LogP contribution in [0.15, 0.2) is 24.3 Å². The number of fused-ring (bicyclic) bond motifs is 1. The molecule has 9 heavy (non-hydrogen) atoms. The first-order valence-electron chi connectivity index (χ1n) is 3.66. The lowest BCUT2D eigenvalue weighted by molar-refractivity contribution is 0.698. The lowest BCUT2D eigenvalue weighted by Crippen LogP contribution is -1.87. The molecule has 0 aliphatic heterocycles. The van der Waals surface area contributed by atoms with Gasteiger partial charge < -0.3 is 0 Å². The molecule has 2 aliphatic rings. The van der Waals surface area contributed by atoms with Crippen LogP contribution in [0.3, 0.4) is 0 Å². The Hall–Kier alpha value is -0.520. The van der Waals surface area contributed by atoms with Crippen LogP contribution in [0.5, 0.6) is 0 Å². The normalized spacial score (nSPS) is 46.1. The molecule has 0 aromatic carbocycles. The summed E-state index contributed by atoms with van der Waals surface area (Å²) in [6, 6.07) is 0. The van der Waals surface area contributed by atoms with Crippen molar-refractivity contribution >= 4 is 0 Å². The molecule has 0 saturated heterocycles. The van der Waals surface area contributed by atoms with Crippen molar-refractivity contribution in [3.05, 3.63) is 24.3 Å². The SMILES string of the molecule is CC12C=CCC=CC1C2. The maximum Gasteiger partial charge on any atom is -0.00775 e. The van der Waals surface area contributed by atoms with Gasteiger partial charge in [-0.1, -0.05) is 31.2 Å². The van der Waals surface area contributed by atoms with Gasteiger partial charge in [-0.2, -0.15) is 0 Å². The molecule has 1 fully saturated rings. The predicted octanol–water partition coefficient (Wildman–Crippen LogP) is 2.53. The van der Waals surface area contributed by atoms with Crippen molar-refractivity contribution in [3.8, 4) is 0 Å². The van der Waals surface area contributed by atoms with Gasteiger partial charge in [-0.25, -0.2) is 0 Å². The minimum Gasteiger partial charge on any atom is -0.0844 e. The zero-order valence-corrected chi connectivity index (χ0v) is 5.80. The van der Waals surface area contributed by atoms with E-state index >= 15 is 0 Å². The van der Waals surface area contributed by atoms with Crippen molar-refractivity contribution in [1.29, 1.82) is 0 Å². The summed E-state index contributed by atoms with van der Waals surface area (Å²) in [6.45, 7) is 2.34. The molecule has 0 radical (unpaired) electrons. The Morgan fingerprint density at radius 2 is 2.33 bits per heavy atom. The smallest absolute Gasteiger partial charge is 0.00775 e. The third-order valence-electron chi connectivity index (χ3n) is 2.49. The lowest BCUT2D eigenvalue weighted by Gasteiger charge is -1.96. The van der Waals surface area contributed by atoms with Gasteiger partial charge in [-0.15, -0.1) is 0 Å². The summed E-state index contributed by atoms with van der Waals surface area (Å²) in [5.41, 5.74) is 0.562. The van der Waals surface area contributed by atoms with Gasteiger partial charge in [0.05, 0.1) is 0 Å². The first-order valence-corrected chi connectivity index (χ1v) is 3.66. The second-order valence-corrected chi connectivity index (χ2v) is 3.38. The lowest BCUT2D eigenvalue weighted by atomic mass is 10.1. The average molecular weight is 120 g/mol. The van der Waals surface area contributed by atoms with E-state index in [1.165, 1.54) is 6.42 Å². The van der Waals surface area contributed by atoms with Gasteiger partial charge in [0.15, 0.2) is 0 Å². The molecular formula is C9H12. The third kappa shape index (κ3) is 0.735. The molecule has 0 aromatic rings. The summed E-state index contributed by atoms with van der Waals surface area (Å²) < 4.78 is 0. The highest BCUT2D eigenvalue weighted by Gasteiger charge is 2.46. The van der Waals surface area contributed by atoms with Gasteiger partial charge in [0.1, 0.15) is 0 Å². The fourth-order valence-corrected chi connectivity index (χ4v) is 1.55. The molecule has 0 amide bonds. The van der Waals surface area contributed by atoms with Crippen LogP contribution in [0, 0.1) is 11.3 Å². The van der Waals surface area contributed by atoms with Crippen LogP contribution in [0.4, 0.5) is 0 Å². The fourth-order valence-electron chi connectivity index (χ4n) is 1.55. The zero-order valence-electron chi connectivity index (χ0n) is 5.80. The summed E-state index contributed by atoms with van der Waals surface area (Å²) in [7, 11) is 0. The van der Waals surface area contributed by atoms with E-state index < -0.39 is 0 Å². The van der Waals surface area contributed by atoms with Gasteiger partial charge in [0, 0.05) is 0 Å². The van der Waals surface area contributed by atoms with Crippen LogP contribution in [-0.2, 0) is 0 Å². The quantitative estimate of drug-likeness (QED) is 0.431. The van der Waals surface area contributed by atoms with Gasteiger partial charge in [0.25, 0.3) is 0 Å². The van der Waals surface area contributed by atoms with E-state index in [4.69, 9.17) is 0 Å². The summed E-state index contributed by atoms with van der Waals surface area (Å²) in [5.74, 6) is 0.872. The van der Waals surface area contributed by atoms with Crippen molar-refractivity contribution < 1.29 is 0 Å². The van der Waals surface area contributed by atoms with Gasteiger partial charge in [-0.05, 0) is 24.2 Å². The molecule has 0 N–H and O–H groups in total. The van der Waals surface area contributed by atoms with Crippen molar-refractivity contribution in [2.45, 2.75) is 19.8 Å². The minimum atomic E-state index is 0.562. The van der Waals surface area contributed by atoms with Gasteiger partial charge in [-0.3, -0.25) is 0 Å². The van der Waals surface area contributed by atoms with Crippen molar-refractivity contribution in [2.24, 2.45) is 11.3 Å². The first-order chi connectivity index (χ1) is 4.31. The van der Waals surface area contributed by atoms with E-state index in [-0.39, 0.29) is 0 Å². The van der Waals surface area contributed by atoms with Crippen LogP contribution in [0.25, 0.3) is 0 Å². The number of hydrogen-bond donors (Lipinski definition) is 0. The van der Waals surface area contributed by atoms with E-state index in [2.05, 4.69) is 31.2 Å². The summed E-state index contributed by atoms with van der Waals surface area (Å²) in [5, 5.41) is 0. The van der Waals surface area contributed by atoms with E-state index in [1.807, 2.05) is 0 Å². The number of allylic oxidation sites excluding steroid dienone is 4. The van der Waals surface area contributed by atoms with Crippen LogP contribution >= 0.6 is 0 Å². The highest BCUT2D eigenvalue weighted by Crippen LogP contribution is 2.55. The van der Waals surface area contributed by atoms with Crippen molar-refractivity contribution in [3.63, 3.8) is 0 Å². The topological polar surface area (TPSA) is 0 Å². The summed E-state index contributed by atoms with van der Waals surface area (Å²) in [6.07, 6.45) is 11.8. The highest BCUT2D eigenvalue weighted by atomic mass is 14.5. The third-order valence-corrected chi connectivity index (χ3v) is 2.49. The molecule has 2 atom stereocenters. The Bertz CT molecular complexity index is 176. The molecule has 0 aromatic heterocycles. The first kappa shape index (κ1) is 5.28. The second kappa shape index (κ2) is 1.50. The van der Waals surface area contributed by atoms with E-state index in [9.17, 15) is 0 Å². The van der Waals surface area contributed by atoms with Crippen LogP contribution < -0.4 is 0 Å². The monoisotopic (exact) mass is 120 g/mol. The van der Waals surface area contributed by atoms with Crippen molar-refractivity contribution in [1.82, 2.24) is 0 Å². The second-order valence-electron chi connectivity index (χ2n) is 3.38. The van der Waals surface area contributed by atoms with E-state index in [0.717, 1.165) is 12.3 Å². The van der Waals surface area contributed by atoms with Crippen LogP contribution in [0.2, 0.25) is 0 Å². The zero-order chi connectivity index (χ0) is 6.32. The molecule has 2 rings (SSSR count). The Morgan fingerprint density at radius 1 is 1.44 bits per heavy atom. The Morgan fingerprint density at radius 3 is 3.22 bits per heavy atom. The number of hydrogen-bond acceptors (Lipinski definition) is 0. The molecule has 2 aliphatic carbocycles. The van der Waals surface area contributed by atoms with E-state index in [0.29, 0.717) is 5.41 Å². The molecule has 2 unspecified atom stereocenters. The molecule has 0 spiro atoms.